The number of hydrogen-bond acceptors (Lipinski definition) is 4. The Hall–Kier alpha value is -2.30. The zero-order chi connectivity index (χ0) is 22.8. The minimum Gasteiger partial charge on any atom is -0.505 e. The SMILES string of the molecule is CCCC(=O)c1cnc2ccc(-c3cc(Cl)c(O)c(Cl)c3)cc2c1NC1CCC(C)CC1. The molecule has 0 spiro atoms. The highest BCUT2D eigenvalue weighted by atomic mass is 35.5. The number of ketones is 1. The average molecular weight is 471 g/mol. The second-order valence-corrected chi connectivity index (χ2v) is 9.66. The van der Waals surface area contributed by atoms with Crippen LogP contribution in [0.4, 0.5) is 5.69 Å². The smallest absolute Gasteiger partial charge is 0.166 e. The van der Waals surface area contributed by atoms with E-state index in [4.69, 9.17) is 23.2 Å². The van der Waals surface area contributed by atoms with Crippen LogP contribution in [0.15, 0.2) is 36.5 Å². The molecule has 1 heterocycles. The highest BCUT2D eigenvalue weighted by Gasteiger charge is 2.22. The number of nitrogens with zero attached hydrogens (tertiary/aromatic N) is 1. The van der Waals surface area contributed by atoms with E-state index in [2.05, 4.69) is 17.2 Å². The molecule has 4 rings (SSSR count). The lowest BCUT2D eigenvalue weighted by atomic mass is 9.87. The van der Waals surface area contributed by atoms with Gasteiger partial charge < -0.3 is 10.4 Å². The van der Waals surface area contributed by atoms with Crippen molar-refractivity contribution in [3.8, 4) is 16.9 Å². The number of Topliss-reactive ketones (excluding diaryl/α,β-unsaturated/α-hetero) is 1. The molecule has 1 aliphatic carbocycles. The number of rotatable bonds is 6. The van der Waals surface area contributed by atoms with Crippen LogP contribution < -0.4 is 5.32 Å². The third-order valence-corrected chi connectivity index (χ3v) is 6.94. The Kier molecular flexibility index (Phi) is 6.92. The molecule has 1 fully saturated rings. The van der Waals surface area contributed by atoms with Gasteiger partial charge >= 0.3 is 0 Å². The number of hydrogen-bond donors (Lipinski definition) is 2. The van der Waals surface area contributed by atoms with Crippen LogP contribution in [-0.4, -0.2) is 21.9 Å². The summed E-state index contributed by atoms with van der Waals surface area (Å²) in [5.74, 6) is 0.731. The molecule has 1 aromatic heterocycles. The number of carbonyl (C=O) groups is 1. The maximum atomic E-state index is 12.9. The molecule has 2 N–H and O–H groups in total. The summed E-state index contributed by atoms with van der Waals surface area (Å²) in [6.45, 7) is 4.31. The zero-order valence-corrected chi connectivity index (χ0v) is 19.9. The van der Waals surface area contributed by atoms with Crippen molar-refractivity contribution < 1.29 is 9.90 Å². The fourth-order valence-electron chi connectivity index (χ4n) is 4.44. The highest BCUT2D eigenvalue weighted by molar-refractivity contribution is 6.37. The van der Waals surface area contributed by atoms with Gasteiger partial charge in [0.15, 0.2) is 11.5 Å². The van der Waals surface area contributed by atoms with Crippen LogP contribution in [0, 0.1) is 5.92 Å². The number of phenolic OH excluding ortho intramolecular Hbond substituents is 1. The Labute approximate surface area is 199 Å². The summed E-state index contributed by atoms with van der Waals surface area (Å²) in [5, 5.41) is 14.9. The van der Waals surface area contributed by atoms with Gasteiger partial charge in [-0.3, -0.25) is 9.78 Å². The van der Waals surface area contributed by atoms with Gasteiger partial charge in [-0.1, -0.05) is 43.1 Å². The molecule has 1 aliphatic rings. The third-order valence-electron chi connectivity index (χ3n) is 6.36. The number of benzene rings is 2. The summed E-state index contributed by atoms with van der Waals surface area (Å²) in [7, 11) is 0. The van der Waals surface area contributed by atoms with E-state index in [1.54, 1.807) is 18.3 Å². The number of phenols is 1. The van der Waals surface area contributed by atoms with Crippen LogP contribution >= 0.6 is 23.2 Å². The number of fused-ring (bicyclic) bond motifs is 1. The first kappa shape index (κ1) is 22.9. The van der Waals surface area contributed by atoms with Crippen LogP contribution in [0.3, 0.4) is 0 Å². The monoisotopic (exact) mass is 470 g/mol. The molecule has 0 radical (unpaired) electrons. The molecule has 1 saturated carbocycles. The number of aromatic hydroxyl groups is 1. The van der Waals surface area contributed by atoms with Crippen molar-refractivity contribution in [3.05, 3.63) is 52.1 Å². The van der Waals surface area contributed by atoms with Crippen molar-refractivity contribution in [2.45, 2.75) is 58.4 Å². The largest absolute Gasteiger partial charge is 0.505 e. The number of carbonyl (C=O) groups excluding carboxylic acids is 1. The Morgan fingerprint density at radius 3 is 2.44 bits per heavy atom. The van der Waals surface area contributed by atoms with E-state index in [1.807, 2.05) is 25.1 Å². The summed E-state index contributed by atoms with van der Waals surface area (Å²) in [6, 6.07) is 9.65. The minimum atomic E-state index is -0.124. The fraction of sp³-hybridized carbons (Fsp3) is 0.385. The number of aromatic nitrogens is 1. The normalized spacial score (nSPS) is 18.6. The fourth-order valence-corrected chi connectivity index (χ4v) is 4.93. The van der Waals surface area contributed by atoms with Gasteiger partial charge in [0.05, 0.1) is 26.8 Å². The summed E-state index contributed by atoms with van der Waals surface area (Å²) in [4.78, 5) is 17.5. The molecule has 6 heteroatoms. The van der Waals surface area contributed by atoms with Crippen LogP contribution in [0.2, 0.25) is 10.0 Å². The zero-order valence-electron chi connectivity index (χ0n) is 18.4. The standard InChI is InChI=1S/C26H28Cl2N2O2/c1-3-4-24(31)20-14-29-23-10-7-16(17-12-21(27)26(32)22(28)13-17)11-19(23)25(20)30-18-8-5-15(2)6-9-18/h7,10-15,18,32H,3-6,8-9H2,1-2H3,(H,29,30). The van der Waals surface area contributed by atoms with Crippen molar-refractivity contribution >= 4 is 45.6 Å². The third kappa shape index (κ3) is 4.72. The van der Waals surface area contributed by atoms with Gasteiger partial charge in [-0.15, -0.1) is 0 Å². The maximum absolute atomic E-state index is 12.9. The first-order valence-electron chi connectivity index (χ1n) is 11.3. The molecule has 0 unspecified atom stereocenters. The summed E-state index contributed by atoms with van der Waals surface area (Å²) >= 11 is 12.3. The van der Waals surface area contributed by atoms with Gasteiger partial charge in [-0.2, -0.15) is 0 Å². The highest BCUT2D eigenvalue weighted by Crippen LogP contribution is 2.39. The molecule has 3 aromatic rings. The van der Waals surface area contributed by atoms with E-state index >= 15 is 0 Å². The van der Waals surface area contributed by atoms with Crippen LogP contribution in [0.5, 0.6) is 5.75 Å². The Bertz CT molecular complexity index is 1130. The molecule has 168 valence electrons. The van der Waals surface area contributed by atoms with Crippen molar-refractivity contribution in [2.24, 2.45) is 5.92 Å². The summed E-state index contributed by atoms with van der Waals surface area (Å²) in [6.07, 6.45) is 7.56. The van der Waals surface area contributed by atoms with Gasteiger partial charge in [-0.25, -0.2) is 0 Å². The van der Waals surface area contributed by atoms with E-state index in [1.165, 1.54) is 12.8 Å². The van der Waals surface area contributed by atoms with Gasteiger partial charge in [0.1, 0.15) is 0 Å². The molecule has 0 aliphatic heterocycles. The van der Waals surface area contributed by atoms with E-state index < -0.39 is 0 Å². The number of nitrogens with one attached hydrogen (secondary N) is 1. The van der Waals surface area contributed by atoms with Crippen molar-refractivity contribution in [1.82, 2.24) is 4.98 Å². The van der Waals surface area contributed by atoms with E-state index in [0.29, 0.717) is 18.0 Å². The predicted molar refractivity (Wildman–Crippen MR) is 133 cm³/mol. The van der Waals surface area contributed by atoms with E-state index in [9.17, 15) is 9.90 Å². The van der Waals surface area contributed by atoms with Gasteiger partial charge in [0.2, 0.25) is 0 Å². The number of pyridine rings is 1. The molecule has 2 aromatic carbocycles. The molecule has 0 saturated heterocycles. The Morgan fingerprint density at radius 1 is 1.09 bits per heavy atom. The molecular formula is C26H28Cl2N2O2. The van der Waals surface area contributed by atoms with Crippen LogP contribution in [-0.2, 0) is 0 Å². The lowest BCUT2D eigenvalue weighted by Gasteiger charge is -2.29. The van der Waals surface area contributed by atoms with Crippen LogP contribution in [0.1, 0.15) is 62.7 Å². The molecule has 4 nitrogen and oxygen atoms in total. The van der Waals surface area contributed by atoms with Gasteiger partial charge in [0, 0.05) is 24.0 Å². The van der Waals surface area contributed by atoms with E-state index in [-0.39, 0.29) is 21.6 Å². The summed E-state index contributed by atoms with van der Waals surface area (Å²) in [5.41, 5.74) is 4.03. The lowest BCUT2D eigenvalue weighted by molar-refractivity contribution is 0.0982. The predicted octanol–water partition coefficient (Wildman–Crippen LogP) is 7.89. The molecule has 32 heavy (non-hydrogen) atoms. The second-order valence-electron chi connectivity index (χ2n) is 8.84. The summed E-state index contributed by atoms with van der Waals surface area (Å²) < 4.78 is 0. The maximum Gasteiger partial charge on any atom is 0.166 e. The molecular weight excluding hydrogens is 443 g/mol. The van der Waals surface area contributed by atoms with Crippen molar-refractivity contribution in [3.63, 3.8) is 0 Å². The Morgan fingerprint density at radius 2 is 1.78 bits per heavy atom. The average Bonchev–Trinajstić information content (AvgIpc) is 2.78. The quantitative estimate of drug-likeness (QED) is 0.359. The van der Waals surface area contributed by atoms with Gasteiger partial charge in [0.25, 0.3) is 0 Å². The van der Waals surface area contributed by atoms with Crippen molar-refractivity contribution in [2.75, 3.05) is 5.32 Å². The number of halogens is 2. The number of anilines is 1. The first-order valence-corrected chi connectivity index (χ1v) is 12.0. The second kappa shape index (κ2) is 9.68. The molecule has 0 atom stereocenters. The molecule has 0 amide bonds. The van der Waals surface area contributed by atoms with Gasteiger partial charge in [-0.05, 0) is 73.4 Å². The lowest BCUT2D eigenvalue weighted by Crippen LogP contribution is -2.26. The molecule has 0 bridgehead atoms. The first-order chi connectivity index (χ1) is 15.4. The van der Waals surface area contributed by atoms with Crippen LogP contribution in [0.25, 0.3) is 22.0 Å². The van der Waals surface area contributed by atoms with E-state index in [0.717, 1.165) is 52.9 Å². The topological polar surface area (TPSA) is 62.2 Å². The van der Waals surface area contributed by atoms with Crippen molar-refractivity contribution in [1.29, 1.82) is 0 Å². The minimum absolute atomic E-state index is 0.106. The Balaban J connectivity index is 1.83.